The second-order valence-corrected chi connectivity index (χ2v) is 6.77. The molecule has 1 atom stereocenters. The van der Waals surface area contributed by atoms with Gasteiger partial charge in [0.05, 0.1) is 16.6 Å². The Balaban J connectivity index is 2.01. The number of morpholine rings is 1. The second-order valence-electron chi connectivity index (χ2n) is 5.60. The maximum absolute atomic E-state index is 11.4. The van der Waals surface area contributed by atoms with Crippen molar-refractivity contribution in [2.24, 2.45) is 5.84 Å². The van der Waals surface area contributed by atoms with Crippen LogP contribution in [0.1, 0.15) is 35.3 Å². The summed E-state index contributed by atoms with van der Waals surface area (Å²) in [6.07, 6.45) is 0.232. The predicted octanol–water partition coefficient (Wildman–Crippen LogP) is 1.35. The number of nitrogens with zero attached hydrogens (tertiary/aromatic N) is 1. The summed E-state index contributed by atoms with van der Waals surface area (Å²) in [6.45, 7) is 8.97. The average molecular weight is 283 g/mol. The van der Waals surface area contributed by atoms with E-state index >= 15 is 0 Å². The number of nitrogens with one attached hydrogen (secondary N) is 1. The lowest BCUT2D eigenvalue weighted by Crippen LogP contribution is -2.51. The van der Waals surface area contributed by atoms with Crippen molar-refractivity contribution in [3.05, 3.63) is 21.9 Å². The molecule has 0 spiro atoms. The highest BCUT2D eigenvalue weighted by Gasteiger charge is 2.31. The third kappa shape index (κ3) is 3.76. The molecule has 1 fully saturated rings. The number of carbonyl (C=O) groups excluding carboxylic acids is 1. The minimum atomic E-state index is -0.230. The smallest absolute Gasteiger partial charge is 0.275 e. The van der Waals surface area contributed by atoms with E-state index in [1.54, 1.807) is 0 Å². The third-order valence-corrected chi connectivity index (χ3v) is 4.10. The highest BCUT2D eigenvalue weighted by molar-refractivity contribution is 7.14. The van der Waals surface area contributed by atoms with Gasteiger partial charge in [0.15, 0.2) is 0 Å². The van der Waals surface area contributed by atoms with Crippen molar-refractivity contribution < 1.29 is 9.53 Å². The minimum absolute atomic E-state index is 0.119. The van der Waals surface area contributed by atoms with Gasteiger partial charge in [-0.15, -0.1) is 11.3 Å². The molecule has 3 N–H and O–H groups in total. The Morgan fingerprint density at radius 2 is 2.37 bits per heavy atom. The Bertz CT molecular complexity index is 458. The summed E-state index contributed by atoms with van der Waals surface area (Å²) < 4.78 is 5.88. The first-order valence-electron chi connectivity index (χ1n) is 6.39. The number of hydrogen-bond acceptors (Lipinski definition) is 5. The van der Waals surface area contributed by atoms with E-state index in [-0.39, 0.29) is 17.6 Å². The van der Waals surface area contributed by atoms with Crippen LogP contribution in [-0.2, 0) is 11.3 Å². The van der Waals surface area contributed by atoms with Gasteiger partial charge in [0.1, 0.15) is 0 Å². The number of ether oxygens (including phenoxy) is 1. The van der Waals surface area contributed by atoms with Crippen LogP contribution in [0.25, 0.3) is 0 Å². The van der Waals surface area contributed by atoms with E-state index < -0.39 is 0 Å². The summed E-state index contributed by atoms with van der Waals surface area (Å²) in [6, 6.07) is 3.81. The molecule has 0 radical (unpaired) electrons. The predicted molar refractivity (Wildman–Crippen MR) is 75.9 cm³/mol. The molecule has 0 saturated carbocycles. The van der Waals surface area contributed by atoms with Crippen LogP contribution in [0.3, 0.4) is 0 Å². The Morgan fingerprint density at radius 1 is 1.63 bits per heavy atom. The fraction of sp³-hybridized carbons (Fsp3) is 0.615. The standard InChI is InChI=1S/C13H21N3O2S/c1-9-6-16(8-13(2,3)18-9)7-10-4-5-11(19-10)12(17)15-14/h4-5,9H,6-8,14H2,1-3H3,(H,15,17). The summed E-state index contributed by atoms with van der Waals surface area (Å²) in [5.41, 5.74) is 2.04. The van der Waals surface area contributed by atoms with Crippen molar-refractivity contribution in [2.45, 2.75) is 39.0 Å². The number of nitrogen functional groups attached to an aromatic ring is 1. The van der Waals surface area contributed by atoms with E-state index in [1.165, 1.54) is 16.2 Å². The molecule has 6 heteroatoms. The zero-order chi connectivity index (χ0) is 14.0. The molecule has 5 nitrogen and oxygen atoms in total. The minimum Gasteiger partial charge on any atom is -0.370 e. The largest absolute Gasteiger partial charge is 0.370 e. The lowest BCUT2D eigenvalue weighted by Gasteiger charge is -2.41. The first-order chi connectivity index (χ1) is 8.89. The number of thiophene rings is 1. The maximum atomic E-state index is 11.4. The summed E-state index contributed by atoms with van der Waals surface area (Å²) >= 11 is 1.49. The lowest BCUT2D eigenvalue weighted by atomic mass is 10.1. The highest BCUT2D eigenvalue weighted by Crippen LogP contribution is 2.24. The normalized spacial score (nSPS) is 23.3. The van der Waals surface area contributed by atoms with Crippen LogP contribution in [-0.4, -0.2) is 35.6 Å². The molecule has 1 unspecified atom stereocenters. The first kappa shape index (κ1) is 14.5. The van der Waals surface area contributed by atoms with Gasteiger partial charge in [0.2, 0.25) is 0 Å². The summed E-state index contributed by atoms with van der Waals surface area (Å²) in [7, 11) is 0. The van der Waals surface area contributed by atoms with E-state index in [9.17, 15) is 4.79 Å². The zero-order valence-corrected chi connectivity index (χ0v) is 12.4. The molecule has 2 rings (SSSR count). The molecule has 1 aliphatic heterocycles. The molecule has 0 aromatic carbocycles. The number of hydrogen-bond donors (Lipinski definition) is 2. The van der Waals surface area contributed by atoms with E-state index in [4.69, 9.17) is 10.6 Å². The van der Waals surface area contributed by atoms with Gasteiger partial charge in [-0.25, -0.2) is 5.84 Å². The monoisotopic (exact) mass is 283 g/mol. The summed E-state index contributed by atoms with van der Waals surface area (Å²) in [5, 5.41) is 0. The molecular formula is C13H21N3O2S. The van der Waals surface area contributed by atoms with Gasteiger partial charge in [-0.1, -0.05) is 0 Å². The van der Waals surface area contributed by atoms with Gasteiger partial charge in [-0.2, -0.15) is 0 Å². The van der Waals surface area contributed by atoms with E-state index in [1.807, 2.05) is 12.1 Å². The van der Waals surface area contributed by atoms with Crippen LogP contribution in [0.15, 0.2) is 12.1 Å². The average Bonchev–Trinajstić information content (AvgIpc) is 2.73. The number of hydrazine groups is 1. The molecule has 0 aliphatic carbocycles. The van der Waals surface area contributed by atoms with Gasteiger partial charge >= 0.3 is 0 Å². The van der Waals surface area contributed by atoms with E-state index in [0.717, 1.165) is 19.6 Å². The van der Waals surface area contributed by atoms with Gasteiger partial charge in [-0.3, -0.25) is 15.1 Å². The number of amides is 1. The van der Waals surface area contributed by atoms with Crippen molar-refractivity contribution in [1.82, 2.24) is 10.3 Å². The van der Waals surface area contributed by atoms with Crippen LogP contribution in [0.4, 0.5) is 0 Å². The van der Waals surface area contributed by atoms with Crippen LogP contribution in [0, 0.1) is 0 Å². The van der Waals surface area contributed by atoms with Crippen LogP contribution in [0.5, 0.6) is 0 Å². The van der Waals surface area contributed by atoms with Crippen LogP contribution < -0.4 is 11.3 Å². The quantitative estimate of drug-likeness (QED) is 0.499. The molecule has 2 heterocycles. The number of rotatable bonds is 3. The lowest BCUT2D eigenvalue weighted by molar-refractivity contribution is -0.130. The first-order valence-corrected chi connectivity index (χ1v) is 7.21. The molecule has 1 aliphatic rings. The number of carbonyl (C=O) groups is 1. The van der Waals surface area contributed by atoms with Crippen LogP contribution in [0.2, 0.25) is 0 Å². The van der Waals surface area contributed by atoms with Crippen molar-refractivity contribution in [3.63, 3.8) is 0 Å². The molecule has 106 valence electrons. The Kier molecular flexibility index (Phi) is 4.25. The van der Waals surface area contributed by atoms with Crippen LogP contribution >= 0.6 is 11.3 Å². The zero-order valence-electron chi connectivity index (χ0n) is 11.6. The molecule has 1 saturated heterocycles. The molecule has 1 aromatic rings. The molecule has 1 amide bonds. The third-order valence-electron chi connectivity index (χ3n) is 3.04. The van der Waals surface area contributed by atoms with Crippen molar-refractivity contribution in [2.75, 3.05) is 13.1 Å². The Morgan fingerprint density at radius 3 is 3.00 bits per heavy atom. The van der Waals surface area contributed by atoms with Gasteiger partial charge < -0.3 is 4.74 Å². The van der Waals surface area contributed by atoms with Crippen molar-refractivity contribution >= 4 is 17.2 Å². The Hall–Kier alpha value is -0.950. The van der Waals surface area contributed by atoms with Crippen molar-refractivity contribution in [3.8, 4) is 0 Å². The van der Waals surface area contributed by atoms with Gasteiger partial charge in [-0.05, 0) is 32.9 Å². The highest BCUT2D eigenvalue weighted by atomic mass is 32.1. The van der Waals surface area contributed by atoms with Gasteiger partial charge in [0, 0.05) is 24.5 Å². The molecule has 1 aromatic heterocycles. The molecular weight excluding hydrogens is 262 g/mol. The second kappa shape index (κ2) is 5.58. The number of nitrogens with two attached hydrogens (primary N) is 1. The summed E-state index contributed by atoms with van der Waals surface area (Å²) in [4.78, 5) is 15.6. The Labute approximate surface area is 117 Å². The van der Waals surface area contributed by atoms with Crippen molar-refractivity contribution in [1.29, 1.82) is 0 Å². The fourth-order valence-corrected chi connectivity index (χ4v) is 3.54. The van der Waals surface area contributed by atoms with E-state index in [0.29, 0.717) is 4.88 Å². The molecule has 0 bridgehead atoms. The fourth-order valence-electron chi connectivity index (χ4n) is 2.58. The topological polar surface area (TPSA) is 67.6 Å². The molecule has 19 heavy (non-hydrogen) atoms. The SMILES string of the molecule is CC1CN(Cc2ccc(C(=O)NN)s2)CC(C)(C)O1. The van der Waals surface area contributed by atoms with Gasteiger partial charge in [0.25, 0.3) is 5.91 Å². The van der Waals surface area contributed by atoms with E-state index in [2.05, 4.69) is 31.1 Å². The maximum Gasteiger partial charge on any atom is 0.275 e. The summed E-state index contributed by atoms with van der Waals surface area (Å²) in [5.74, 6) is 4.90.